The zero-order valence-corrected chi connectivity index (χ0v) is 57.1. The van der Waals surface area contributed by atoms with Crippen LogP contribution in [0.5, 0.6) is 0 Å². The van der Waals surface area contributed by atoms with E-state index < -0.39 is 49.5 Å². The average molecular weight is 1220 g/mol. The molecule has 7 unspecified atom stereocenters. The maximum atomic E-state index is 13.1. The molecule has 0 aliphatic carbocycles. The van der Waals surface area contributed by atoms with Crippen LogP contribution in [0.3, 0.4) is 0 Å². The minimum atomic E-state index is -1.57. The number of rotatable bonds is 68. The van der Waals surface area contributed by atoms with E-state index in [9.17, 15) is 30.3 Å². The Hall–Kier alpha value is -1.59. The van der Waals surface area contributed by atoms with Gasteiger partial charge >= 0.3 is 0 Å². The third kappa shape index (κ3) is 54.2. The molecule has 0 aromatic heterocycles. The molecule has 1 aliphatic heterocycles. The SMILES string of the molecule is CCCCCCCCCC/C=C\CCCCCCCCCCCCCCCCCCCCCCCC(=O)NC(COC1OC(CO)C(O)C(O)C1O)C(O)/C=C/CC/C=C/CCCCCCCCCCCCCCCCCCCCCCCCCC. The molecule has 508 valence electrons. The topological polar surface area (TPSA) is 149 Å². The van der Waals surface area contributed by atoms with Crippen LogP contribution in [0.15, 0.2) is 36.5 Å². The highest BCUT2D eigenvalue weighted by Gasteiger charge is 2.44. The minimum absolute atomic E-state index is 0.178. The number of hydrogen-bond acceptors (Lipinski definition) is 8. The lowest BCUT2D eigenvalue weighted by atomic mass is 9.99. The van der Waals surface area contributed by atoms with Crippen LogP contribution >= 0.6 is 0 Å². The number of hydrogen-bond donors (Lipinski definition) is 6. The molecule has 1 saturated heterocycles. The molecular weight excluding hydrogens is 1070 g/mol. The number of ether oxygens (including phenoxy) is 2. The van der Waals surface area contributed by atoms with E-state index >= 15 is 0 Å². The van der Waals surface area contributed by atoms with Gasteiger partial charge in [-0.15, -0.1) is 0 Å². The summed E-state index contributed by atoms with van der Waals surface area (Å²) in [6.07, 6.45) is 82.9. The molecule has 1 rings (SSSR count). The van der Waals surface area contributed by atoms with Gasteiger partial charge in [0.2, 0.25) is 5.91 Å². The lowest BCUT2D eigenvalue weighted by molar-refractivity contribution is -0.302. The molecular formula is C77H147NO8. The van der Waals surface area contributed by atoms with E-state index in [-0.39, 0.29) is 12.5 Å². The monoisotopic (exact) mass is 1210 g/mol. The van der Waals surface area contributed by atoms with Crippen LogP contribution in [-0.4, -0.2) is 87.5 Å². The maximum Gasteiger partial charge on any atom is 0.220 e. The number of unbranched alkanes of at least 4 members (excludes halogenated alkanes) is 54. The summed E-state index contributed by atoms with van der Waals surface area (Å²) in [5.41, 5.74) is 0. The van der Waals surface area contributed by atoms with Crippen LogP contribution < -0.4 is 5.32 Å². The van der Waals surface area contributed by atoms with Crippen LogP contribution in [0.4, 0.5) is 0 Å². The summed E-state index contributed by atoms with van der Waals surface area (Å²) in [7, 11) is 0. The second-order valence-electron chi connectivity index (χ2n) is 26.8. The first-order chi connectivity index (χ1) is 42.3. The van der Waals surface area contributed by atoms with Crippen molar-refractivity contribution in [3.05, 3.63) is 36.5 Å². The molecule has 0 radical (unpaired) electrons. The third-order valence-corrected chi connectivity index (χ3v) is 18.4. The molecule has 6 N–H and O–H groups in total. The third-order valence-electron chi connectivity index (χ3n) is 18.4. The summed E-state index contributed by atoms with van der Waals surface area (Å²) in [4.78, 5) is 13.1. The molecule has 0 aromatic rings. The predicted molar refractivity (Wildman–Crippen MR) is 369 cm³/mol. The van der Waals surface area contributed by atoms with Gasteiger partial charge in [-0.2, -0.15) is 0 Å². The zero-order valence-electron chi connectivity index (χ0n) is 57.1. The highest BCUT2D eigenvalue weighted by atomic mass is 16.7. The average Bonchev–Trinajstić information content (AvgIpc) is 2.60. The fraction of sp³-hybridized carbons (Fsp3) is 0.909. The minimum Gasteiger partial charge on any atom is -0.394 e. The highest BCUT2D eigenvalue weighted by molar-refractivity contribution is 5.76. The smallest absolute Gasteiger partial charge is 0.220 e. The molecule has 1 amide bonds. The lowest BCUT2D eigenvalue weighted by Gasteiger charge is -2.40. The van der Waals surface area contributed by atoms with Crippen molar-refractivity contribution in [2.75, 3.05) is 13.2 Å². The number of nitrogens with one attached hydrogen (secondary N) is 1. The highest BCUT2D eigenvalue weighted by Crippen LogP contribution is 2.24. The summed E-state index contributed by atoms with van der Waals surface area (Å²) in [6, 6.07) is -0.822. The molecule has 1 aliphatic rings. The van der Waals surface area contributed by atoms with Crippen molar-refractivity contribution < 1.29 is 39.8 Å². The van der Waals surface area contributed by atoms with E-state index in [1.165, 1.54) is 334 Å². The van der Waals surface area contributed by atoms with E-state index in [0.717, 1.165) is 38.5 Å². The second kappa shape index (κ2) is 66.3. The van der Waals surface area contributed by atoms with Gasteiger partial charge in [0.25, 0.3) is 0 Å². The fourth-order valence-electron chi connectivity index (χ4n) is 12.5. The van der Waals surface area contributed by atoms with Gasteiger partial charge in [-0.3, -0.25) is 4.79 Å². The molecule has 9 heteroatoms. The van der Waals surface area contributed by atoms with Crippen molar-refractivity contribution in [3.63, 3.8) is 0 Å². The van der Waals surface area contributed by atoms with E-state index in [1.54, 1.807) is 6.08 Å². The molecule has 0 spiro atoms. The number of aliphatic hydroxyl groups excluding tert-OH is 5. The molecule has 0 saturated carbocycles. The first-order valence-electron chi connectivity index (χ1n) is 38.2. The predicted octanol–water partition coefficient (Wildman–Crippen LogP) is 21.4. The molecule has 1 heterocycles. The quantitative estimate of drug-likeness (QED) is 0.0261. The van der Waals surface area contributed by atoms with E-state index in [1.807, 2.05) is 6.08 Å². The van der Waals surface area contributed by atoms with Crippen molar-refractivity contribution in [2.24, 2.45) is 0 Å². The Morgan fingerprint density at radius 2 is 0.663 bits per heavy atom. The first-order valence-corrected chi connectivity index (χ1v) is 38.2. The summed E-state index contributed by atoms with van der Waals surface area (Å²) in [5.74, 6) is -0.178. The lowest BCUT2D eigenvalue weighted by Crippen LogP contribution is -2.60. The van der Waals surface area contributed by atoms with E-state index in [4.69, 9.17) is 9.47 Å². The normalized spacial score (nSPS) is 18.2. The number of aliphatic hydroxyl groups is 5. The van der Waals surface area contributed by atoms with E-state index in [2.05, 4.69) is 43.5 Å². The number of carbonyl (C=O) groups excluding carboxylic acids is 1. The molecule has 1 fully saturated rings. The Labute approximate surface area is 533 Å². The molecule has 0 aromatic carbocycles. The Balaban J connectivity index is 2.10. The van der Waals surface area contributed by atoms with Gasteiger partial charge in [-0.25, -0.2) is 0 Å². The van der Waals surface area contributed by atoms with Gasteiger partial charge < -0.3 is 40.3 Å². The van der Waals surface area contributed by atoms with Crippen LogP contribution in [-0.2, 0) is 14.3 Å². The summed E-state index contributed by atoms with van der Waals surface area (Å²) in [5, 5.41) is 54.8. The zero-order chi connectivity index (χ0) is 62.1. The van der Waals surface area contributed by atoms with Crippen LogP contribution in [0.2, 0.25) is 0 Å². The van der Waals surface area contributed by atoms with Crippen molar-refractivity contribution >= 4 is 5.91 Å². The number of amides is 1. The number of allylic oxidation sites excluding steroid dienone is 5. The van der Waals surface area contributed by atoms with Crippen molar-refractivity contribution in [2.45, 2.75) is 436 Å². The van der Waals surface area contributed by atoms with Crippen LogP contribution in [0.25, 0.3) is 0 Å². The fourth-order valence-corrected chi connectivity index (χ4v) is 12.5. The van der Waals surface area contributed by atoms with Crippen molar-refractivity contribution in [3.8, 4) is 0 Å². The van der Waals surface area contributed by atoms with Gasteiger partial charge in [0.15, 0.2) is 6.29 Å². The summed E-state index contributed by atoms with van der Waals surface area (Å²) >= 11 is 0. The molecule has 86 heavy (non-hydrogen) atoms. The van der Waals surface area contributed by atoms with Gasteiger partial charge in [0, 0.05) is 6.42 Å². The van der Waals surface area contributed by atoms with Crippen molar-refractivity contribution in [1.82, 2.24) is 5.32 Å². The number of carbonyl (C=O) groups is 1. The Bertz CT molecular complexity index is 1450. The Kier molecular flexibility index (Phi) is 63.6. The Morgan fingerprint density at radius 1 is 0.384 bits per heavy atom. The van der Waals surface area contributed by atoms with Crippen molar-refractivity contribution in [1.29, 1.82) is 0 Å². The largest absolute Gasteiger partial charge is 0.394 e. The van der Waals surface area contributed by atoms with Gasteiger partial charge in [-0.05, 0) is 57.8 Å². The van der Waals surface area contributed by atoms with E-state index in [0.29, 0.717) is 6.42 Å². The summed E-state index contributed by atoms with van der Waals surface area (Å²) < 4.78 is 11.3. The maximum absolute atomic E-state index is 13.1. The Morgan fingerprint density at radius 3 is 0.977 bits per heavy atom. The van der Waals surface area contributed by atoms with Gasteiger partial charge in [0.05, 0.1) is 25.4 Å². The first kappa shape index (κ1) is 82.4. The molecule has 0 bridgehead atoms. The molecule has 7 atom stereocenters. The summed E-state index contributed by atoms with van der Waals surface area (Å²) in [6.45, 7) is 3.83. The molecule has 9 nitrogen and oxygen atoms in total. The van der Waals surface area contributed by atoms with Crippen LogP contribution in [0, 0.1) is 0 Å². The van der Waals surface area contributed by atoms with Gasteiger partial charge in [-0.1, -0.05) is 365 Å². The van der Waals surface area contributed by atoms with Gasteiger partial charge in [0.1, 0.15) is 24.4 Å². The van der Waals surface area contributed by atoms with Crippen LogP contribution in [0.1, 0.15) is 393 Å². The standard InChI is InChI=1S/C77H147NO8/c1-3-5-7-9-11-13-15-17-19-21-23-25-27-29-31-33-35-36-37-39-41-43-45-47-49-51-53-55-57-59-61-63-65-67-73(81)78-70(69-85-77-76(84)75(83)74(82)72(68-79)86-77)71(80)66-64-62-60-58-56-54-52-50-48-46-44-42-40-38-34-32-30-28-26-24-22-20-18-16-14-12-10-8-6-4-2/h21,23,56,58,64,66,70-72,74-77,79-80,82-84H,3-20,22,24-55,57,59-63,65,67-69H2,1-2H3,(H,78,81)/b23-21-,58-56+,66-64+. The second-order valence-corrected chi connectivity index (χ2v) is 26.8.